The number of hydrogen-bond acceptors (Lipinski definition) is 5. The molecule has 0 bridgehead atoms. The molecular formula is C16H19FN4O3. The highest BCUT2D eigenvalue weighted by molar-refractivity contribution is 6.46. The second-order valence-electron chi connectivity index (χ2n) is 6.15. The van der Waals surface area contributed by atoms with E-state index in [-0.39, 0.29) is 18.2 Å². The molecule has 1 aromatic rings. The summed E-state index contributed by atoms with van der Waals surface area (Å²) < 4.78 is 12.9. The van der Waals surface area contributed by atoms with Crippen molar-refractivity contribution in [1.29, 1.82) is 0 Å². The zero-order valence-electron chi connectivity index (χ0n) is 13.7. The van der Waals surface area contributed by atoms with Crippen LogP contribution in [0, 0.1) is 5.82 Å². The van der Waals surface area contributed by atoms with E-state index < -0.39 is 29.2 Å². The van der Waals surface area contributed by atoms with Gasteiger partial charge in [-0.2, -0.15) is 0 Å². The predicted octanol–water partition coefficient (Wildman–Crippen LogP) is -0.0126. The van der Waals surface area contributed by atoms with Crippen LogP contribution in [0.25, 0.3) is 0 Å². The molecule has 0 aromatic heterocycles. The van der Waals surface area contributed by atoms with Crippen LogP contribution in [0.5, 0.6) is 0 Å². The molecule has 1 atom stereocenters. The van der Waals surface area contributed by atoms with Gasteiger partial charge in [0.2, 0.25) is 0 Å². The third-order valence-corrected chi connectivity index (χ3v) is 3.54. The second-order valence-corrected chi connectivity index (χ2v) is 6.15. The Kier molecular flexibility index (Phi) is 4.79. The van der Waals surface area contributed by atoms with Gasteiger partial charge in [0.05, 0.1) is 5.54 Å². The lowest BCUT2D eigenvalue weighted by Gasteiger charge is -2.33. The van der Waals surface area contributed by atoms with Gasteiger partial charge in [-0.1, -0.05) is 12.1 Å². The number of likely N-dealkylation sites (N-methyl/N-ethyl adjacent to an activating group) is 1. The van der Waals surface area contributed by atoms with Gasteiger partial charge < -0.3 is 11.1 Å². The van der Waals surface area contributed by atoms with Crippen molar-refractivity contribution in [3.63, 3.8) is 0 Å². The monoisotopic (exact) mass is 334 g/mol. The van der Waals surface area contributed by atoms with Crippen molar-refractivity contribution < 1.29 is 18.8 Å². The summed E-state index contributed by atoms with van der Waals surface area (Å²) >= 11 is 0. The van der Waals surface area contributed by atoms with Crippen molar-refractivity contribution in [2.75, 3.05) is 7.05 Å². The highest BCUT2D eigenvalue weighted by Crippen LogP contribution is 2.15. The lowest BCUT2D eigenvalue weighted by Crippen LogP contribution is -2.60. The summed E-state index contributed by atoms with van der Waals surface area (Å²) in [5, 5.41) is 2.53. The minimum atomic E-state index is -1.47. The van der Waals surface area contributed by atoms with Gasteiger partial charge in [0.1, 0.15) is 11.7 Å². The number of Topliss-reactive ketones (excluding diaryl/α,β-unsaturated/α-hetero) is 1. The number of carbonyl (C=O) groups is 3. The Morgan fingerprint density at radius 3 is 2.46 bits per heavy atom. The third kappa shape index (κ3) is 3.65. The van der Waals surface area contributed by atoms with Crippen molar-refractivity contribution in [3.05, 3.63) is 35.6 Å². The fourth-order valence-electron chi connectivity index (χ4n) is 2.31. The van der Waals surface area contributed by atoms with Crippen LogP contribution in [0.1, 0.15) is 19.4 Å². The standard InChI is InChI=1S/C16H19FN4O3/c1-16(2,18)15-20-11(12(22)14(24)21(15)3)13(23)19-8-9-4-6-10(17)7-5-9/h4-7,11H,8,18H2,1-3H3,(H,19,23). The first-order chi connectivity index (χ1) is 11.1. The predicted molar refractivity (Wildman–Crippen MR) is 85.5 cm³/mol. The Hall–Kier alpha value is -2.61. The zero-order valence-corrected chi connectivity index (χ0v) is 13.7. The quantitative estimate of drug-likeness (QED) is 0.597. The molecule has 1 aliphatic heterocycles. The van der Waals surface area contributed by atoms with Gasteiger partial charge in [-0.05, 0) is 31.5 Å². The highest BCUT2D eigenvalue weighted by Gasteiger charge is 2.42. The van der Waals surface area contributed by atoms with Crippen molar-refractivity contribution in [2.24, 2.45) is 10.7 Å². The number of carbonyl (C=O) groups excluding carboxylic acids is 3. The first kappa shape index (κ1) is 17.7. The normalized spacial score (nSPS) is 18.5. The molecule has 2 rings (SSSR count). The molecule has 0 saturated carbocycles. The molecule has 1 heterocycles. The van der Waals surface area contributed by atoms with Gasteiger partial charge in [0, 0.05) is 13.6 Å². The van der Waals surface area contributed by atoms with E-state index in [1.807, 2.05) is 0 Å². The molecule has 0 aliphatic carbocycles. The molecule has 7 nitrogen and oxygen atoms in total. The summed E-state index contributed by atoms with van der Waals surface area (Å²) in [4.78, 5) is 41.5. The zero-order chi connectivity index (χ0) is 18.1. The summed E-state index contributed by atoms with van der Waals surface area (Å²) in [6.45, 7) is 3.33. The molecule has 0 spiro atoms. The minimum absolute atomic E-state index is 0.0871. The van der Waals surface area contributed by atoms with Crippen molar-refractivity contribution in [2.45, 2.75) is 32.0 Å². The largest absolute Gasteiger partial charge is 0.350 e. The van der Waals surface area contributed by atoms with Gasteiger partial charge in [0.25, 0.3) is 17.6 Å². The first-order valence-corrected chi connectivity index (χ1v) is 7.32. The Morgan fingerprint density at radius 2 is 1.92 bits per heavy atom. The van der Waals surface area contributed by atoms with E-state index in [0.717, 1.165) is 4.90 Å². The molecule has 1 unspecified atom stereocenters. The summed E-state index contributed by atoms with van der Waals surface area (Å²) in [5.74, 6) is -2.68. The van der Waals surface area contributed by atoms with E-state index >= 15 is 0 Å². The number of nitrogens with one attached hydrogen (secondary N) is 1. The van der Waals surface area contributed by atoms with E-state index in [4.69, 9.17) is 5.73 Å². The van der Waals surface area contributed by atoms with E-state index in [1.54, 1.807) is 13.8 Å². The number of aliphatic imine (C=N–C) groups is 1. The number of ketones is 1. The molecule has 8 heteroatoms. The number of hydrogen-bond donors (Lipinski definition) is 2. The van der Waals surface area contributed by atoms with Crippen LogP contribution in [-0.2, 0) is 20.9 Å². The molecule has 128 valence electrons. The van der Waals surface area contributed by atoms with Crippen LogP contribution in [0.3, 0.4) is 0 Å². The molecule has 3 N–H and O–H groups in total. The lowest BCUT2D eigenvalue weighted by molar-refractivity contribution is -0.145. The fraction of sp³-hybridized carbons (Fsp3) is 0.375. The molecular weight excluding hydrogens is 315 g/mol. The second kappa shape index (κ2) is 6.48. The highest BCUT2D eigenvalue weighted by atomic mass is 19.1. The number of nitrogens with zero attached hydrogens (tertiary/aromatic N) is 2. The van der Waals surface area contributed by atoms with E-state index in [0.29, 0.717) is 5.56 Å². The van der Waals surface area contributed by atoms with Crippen LogP contribution in [0.15, 0.2) is 29.3 Å². The summed E-state index contributed by atoms with van der Waals surface area (Å²) in [6.07, 6.45) is 0. The molecule has 0 radical (unpaired) electrons. The number of benzene rings is 1. The van der Waals surface area contributed by atoms with Gasteiger partial charge in [0.15, 0.2) is 6.04 Å². The smallest absolute Gasteiger partial charge is 0.297 e. The number of nitrogens with two attached hydrogens (primary N) is 1. The van der Waals surface area contributed by atoms with Crippen LogP contribution < -0.4 is 11.1 Å². The molecule has 0 saturated heterocycles. The third-order valence-electron chi connectivity index (χ3n) is 3.54. The Labute approximate surface area is 138 Å². The first-order valence-electron chi connectivity index (χ1n) is 7.32. The van der Waals surface area contributed by atoms with Crippen LogP contribution in [0.4, 0.5) is 4.39 Å². The maximum Gasteiger partial charge on any atom is 0.297 e. The number of rotatable bonds is 4. The topological polar surface area (TPSA) is 105 Å². The van der Waals surface area contributed by atoms with Crippen LogP contribution >= 0.6 is 0 Å². The van der Waals surface area contributed by atoms with Crippen molar-refractivity contribution in [1.82, 2.24) is 10.2 Å². The summed E-state index contributed by atoms with van der Waals surface area (Å²) in [5.41, 5.74) is 5.61. The van der Waals surface area contributed by atoms with E-state index in [2.05, 4.69) is 10.3 Å². The molecule has 1 aromatic carbocycles. The number of amidine groups is 1. The summed E-state index contributed by atoms with van der Waals surface area (Å²) in [6, 6.07) is 4.08. The minimum Gasteiger partial charge on any atom is -0.350 e. The van der Waals surface area contributed by atoms with E-state index in [9.17, 15) is 18.8 Å². The molecule has 2 amide bonds. The van der Waals surface area contributed by atoms with Gasteiger partial charge in [-0.25, -0.2) is 9.38 Å². The Bertz CT molecular complexity index is 707. The van der Waals surface area contributed by atoms with Crippen LogP contribution in [0.2, 0.25) is 0 Å². The van der Waals surface area contributed by atoms with Crippen molar-refractivity contribution >= 4 is 23.4 Å². The average molecular weight is 334 g/mol. The fourth-order valence-corrected chi connectivity index (χ4v) is 2.31. The Morgan fingerprint density at radius 1 is 1.33 bits per heavy atom. The lowest BCUT2D eigenvalue weighted by atomic mass is 10.00. The summed E-state index contributed by atoms with van der Waals surface area (Å²) in [7, 11) is 1.39. The number of halogens is 1. The Balaban J connectivity index is 2.17. The molecule has 1 aliphatic rings. The van der Waals surface area contributed by atoms with Gasteiger partial charge >= 0.3 is 0 Å². The van der Waals surface area contributed by atoms with Crippen LogP contribution in [-0.4, -0.2) is 47.0 Å². The van der Waals surface area contributed by atoms with Crippen molar-refractivity contribution in [3.8, 4) is 0 Å². The average Bonchev–Trinajstić information content (AvgIpc) is 2.51. The van der Waals surface area contributed by atoms with E-state index in [1.165, 1.54) is 31.3 Å². The SMILES string of the molecule is CN1C(=O)C(=O)C(C(=O)NCc2ccc(F)cc2)N=C1C(C)(C)N. The van der Waals surface area contributed by atoms with Gasteiger partial charge in [-0.15, -0.1) is 0 Å². The molecule has 0 fully saturated rings. The number of amides is 2. The maximum atomic E-state index is 12.9. The maximum absolute atomic E-state index is 12.9. The van der Waals surface area contributed by atoms with Gasteiger partial charge in [-0.3, -0.25) is 19.3 Å². The molecule has 24 heavy (non-hydrogen) atoms.